The highest BCUT2D eigenvalue weighted by atomic mass is 35.5. The summed E-state index contributed by atoms with van der Waals surface area (Å²) in [6, 6.07) is 5.52. The second-order valence-corrected chi connectivity index (χ2v) is 3.92. The maximum atomic E-state index is 5.92. The second kappa shape index (κ2) is 4.45. The third-order valence-corrected chi connectivity index (χ3v) is 2.74. The molecule has 0 spiro atoms. The number of hydrogen-bond donors (Lipinski definition) is 2. The van der Waals surface area contributed by atoms with Gasteiger partial charge in [0.05, 0.1) is 22.9 Å². The fourth-order valence-electron chi connectivity index (χ4n) is 1.43. The van der Waals surface area contributed by atoms with Crippen LogP contribution in [0.4, 0.5) is 11.4 Å². The Morgan fingerprint density at radius 3 is 3.00 bits per heavy atom. The van der Waals surface area contributed by atoms with E-state index in [1.165, 1.54) is 0 Å². The first-order valence-electron chi connectivity index (χ1n) is 4.92. The van der Waals surface area contributed by atoms with E-state index in [0.29, 0.717) is 17.3 Å². The van der Waals surface area contributed by atoms with Gasteiger partial charge >= 0.3 is 0 Å². The predicted octanol–water partition coefficient (Wildman–Crippen LogP) is 2.27. The summed E-state index contributed by atoms with van der Waals surface area (Å²) >= 11 is 5.92. The van der Waals surface area contributed by atoms with Gasteiger partial charge in [0.25, 0.3) is 0 Å². The van der Waals surface area contributed by atoms with Crippen LogP contribution in [0.25, 0.3) is 0 Å². The SMILES string of the molecule is Cn1ccnc1CNc1cccc(Cl)c1N. The van der Waals surface area contributed by atoms with Crippen molar-refractivity contribution in [2.24, 2.45) is 7.05 Å². The van der Waals surface area contributed by atoms with Crippen LogP contribution in [0.15, 0.2) is 30.6 Å². The van der Waals surface area contributed by atoms with Crippen LogP contribution in [-0.2, 0) is 13.6 Å². The number of nitrogen functional groups attached to an aromatic ring is 1. The summed E-state index contributed by atoms with van der Waals surface area (Å²) in [5, 5.41) is 3.76. The van der Waals surface area contributed by atoms with Crippen LogP contribution < -0.4 is 11.1 Å². The Morgan fingerprint density at radius 1 is 1.50 bits per heavy atom. The molecule has 1 aromatic heterocycles. The molecule has 1 aromatic carbocycles. The number of hydrogen-bond acceptors (Lipinski definition) is 3. The number of aromatic nitrogens is 2. The number of anilines is 2. The van der Waals surface area contributed by atoms with Crippen molar-refractivity contribution in [1.82, 2.24) is 9.55 Å². The lowest BCUT2D eigenvalue weighted by Crippen LogP contribution is -2.07. The van der Waals surface area contributed by atoms with E-state index in [1.54, 1.807) is 12.3 Å². The molecule has 3 N–H and O–H groups in total. The maximum absolute atomic E-state index is 5.92. The normalized spacial score (nSPS) is 10.4. The van der Waals surface area contributed by atoms with Crippen LogP contribution in [0.1, 0.15) is 5.82 Å². The quantitative estimate of drug-likeness (QED) is 0.804. The van der Waals surface area contributed by atoms with Gasteiger partial charge in [-0.3, -0.25) is 0 Å². The summed E-state index contributed by atoms with van der Waals surface area (Å²) in [5.41, 5.74) is 7.24. The van der Waals surface area contributed by atoms with Gasteiger partial charge in [-0.1, -0.05) is 17.7 Å². The smallest absolute Gasteiger partial charge is 0.127 e. The third-order valence-electron chi connectivity index (χ3n) is 2.41. The van der Waals surface area contributed by atoms with E-state index in [2.05, 4.69) is 10.3 Å². The lowest BCUT2D eigenvalue weighted by molar-refractivity contribution is 0.813. The average molecular weight is 237 g/mol. The number of imidazole rings is 1. The molecule has 1 heterocycles. The Bertz CT molecular complexity index is 492. The summed E-state index contributed by atoms with van der Waals surface area (Å²) in [7, 11) is 1.95. The Balaban J connectivity index is 2.11. The van der Waals surface area contributed by atoms with Crippen molar-refractivity contribution in [3.8, 4) is 0 Å². The molecule has 0 fully saturated rings. The largest absolute Gasteiger partial charge is 0.396 e. The molecule has 0 radical (unpaired) electrons. The van der Waals surface area contributed by atoms with Crippen molar-refractivity contribution in [3.63, 3.8) is 0 Å². The molecule has 2 rings (SSSR count). The molecule has 0 bridgehead atoms. The van der Waals surface area contributed by atoms with E-state index >= 15 is 0 Å². The molecule has 16 heavy (non-hydrogen) atoms. The predicted molar refractivity (Wildman–Crippen MR) is 66.4 cm³/mol. The van der Waals surface area contributed by atoms with Crippen molar-refractivity contribution in [2.75, 3.05) is 11.1 Å². The van der Waals surface area contributed by atoms with Gasteiger partial charge in [-0.2, -0.15) is 0 Å². The molecule has 0 unspecified atom stereocenters. The van der Waals surface area contributed by atoms with E-state index in [4.69, 9.17) is 17.3 Å². The van der Waals surface area contributed by atoms with Crippen molar-refractivity contribution >= 4 is 23.0 Å². The molecule has 84 valence electrons. The molecule has 2 aromatic rings. The van der Waals surface area contributed by atoms with E-state index in [9.17, 15) is 0 Å². The first-order valence-corrected chi connectivity index (χ1v) is 5.30. The fraction of sp³-hybridized carbons (Fsp3) is 0.182. The Kier molecular flexibility index (Phi) is 3.01. The first-order chi connectivity index (χ1) is 7.68. The topological polar surface area (TPSA) is 55.9 Å². The molecule has 0 saturated heterocycles. The molecule has 0 saturated carbocycles. The fourth-order valence-corrected chi connectivity index (χ4v) is 1.61. The highest BCUT2D eigenvalue weighted by Gasteiger charge is 2.04. The van der Waals surface area contributed by atoms with E-state index in [0.717, 1.165) is 11.5 Å². The van der Waals surface area contributed by atoms with Gasteiger partial charge in [-0.25, -0.2) is 4.98 Å². The van der Waals surface area contributed by atoms with Crippen molar-refractivity contribution in [2.45, 2.75) is 6.54 Å². The van der Waals surface area contributed by atoms with Crippen LogP contribution in [0.2, 0.25) is 5.02 Å². The lowest BCUT2D eigenvalue weighted by atomic mass is 10.2. The zero-order valence-corrected chi connectivity index (χ0v) is 9.70. The summed E-state index contributed by atoms with van der Waals surface area (Å²) < 4.78 is 1.95. The van der Waals surface area contributed by atoms with Gasteiger partial charge < -0.3 is 15.6 Å². The number of halogens is 1. The number of para-hydroxylation sites is 1. The molecule has 0 aliphatic carbocycles. The molecule has 5 heteroatoms. The minimum Gasteiger partial charge on any atom is -0.396 e. The zero-order valence-electron chi connectivity index (χ0n) is 8.94. The van der Waals surface area contributed by atoms with Gasteiger partial charge in [0, 0.05) is 19.4 Å². The van der Waals surface area contributed by atoms with Crippen LogP contribution in [0.3, 0.4) is 0 Å². The molecule has 0 atom stereocenters. The van der Waals surface area contributed by atoms with Crippen LogP contribution in [-0.4, -0.2) is 9.55 Å². The van der Waals surface area contributed by atoms with E-state index in [-0.39, 0.29) is 0 Å². The number of aryl methyl sites for hydroxylation is 1. The second-order valence-electron chi connectivity index (χ2n) is 3.51. The van der Waals surface area contributed by atoms with Crippen molar-refractivity contribution in [3.05, 3.63) is 41.4 Å². The van der Waals surface area contributed by atoms with Gasteiger partial charge in [0.1, 0.15) is 5.82 Å². The number of nitrogens with zero attached hydrogens (tertiary/aromatic N) is 2. The van der Waals surface area contributed by atoms with E-state index in [1.807, 2.05) is 29.9 Å². The Labute approximate surface area is 99.1 Å². The number of nitrogens with two attached hydrogens (primary N) is 1. The van der Waals surface area contributed by atoms with E-state index < -0.39 is 0 Å². The Morgan fingerprint density at radius 2 is 2.31 bits per heavy atom. The maximum Gasteiger partial charge on any atom is 0.127 e. The van der Waals surface area contributed by atoms with Crippen LogP contribution >= 0.6 is 11.6 Å². The van der Waals surface area contributed by atoms with Gasteiger partial charge in [0.15, 0.2) is 0 Å². The minimum atomic E-state index is 0.560. The number of rotatable bonds is 3. The van der Waals surface area contributed by atoms with Gasteiger partial charge in [-0.15, -0.1) is 0 Å². The highest BCUT2D eigenvalue weighted by molar-refractivity contribution is 6.33. The average Bonchev–Trinajstić information content (AvgIpc) is 2.67. The monoisotopic (exact) mass is 236 g/mol. The van der Waals surface area contributed by atoms with Crippen LogP contribution in [0.5, 0.6) is 0 Å². The Hall–Kier alpha value is -1.68. The standard InChI is InChI=1S/C11H13ClN4/c1-16-6-5-14-10(16)7-15-9-4-2-3-8(12)11(9)13/h2-6,15H,7,13H2,1H3. The lowest BCUT2D eigenvalue weighted by Gasteiger charge is -2.09. The summed E-state index contributed by atoms with van der Waals surface area (Å²) in [6.07, 6.45) is 3.66. The molecule has 4 nitrogen and oxygen atoms in total. The van der Waals surface area contributed by atoms with Gasteiger partial charge in [-0.05, 0) is 12.1 Å². The molecule has 0 aliphatic heterocycles. The number of benzene rings is 1. The highest BCUT2D eigenvalue weighted by Crippen LogP contribution is 2.26. The number of nitrogens with one attached hydrogen (secondary N) is 1. The van der Waals surface area contributed by atoms with Crippen molar-refractivity contribution < 1.29 is 0 Å². The molecular formula is C11H13ClN4. The zero-order chi connectivity index (χ0) is 11.5. The summed E-state index contributed by atoms with van der Waals surface area (Å²) in [5.74, 6) is 0.944. The van der Waals surface area contributed by atoms with Gasteiger partial charge in [0.2, 0.25) is 0 Å². The molecular weight excluding hydrogens is 224 g/mol. The van der Waals surface area contributed by atoms with Crippen LogP contribution in [0, 0.1) is 0 Å². The third kappa shape index (κ3) is 2.12. The summed E-state index contributed by atoms with van der Waals surface area (Å²) in [6.45, 7) is 0.619. The first kappa shape index (κ1) is 10.8. The summed E-state index contributed by atoms with van der Waals surface area (Å²) in [4.78, 5) is 4.21. The minimum absolute atomic E-state index is 0.560. The van der Waals surface area contributed by atoms with Crippen molar-refractivity contribution in [1.29, 1.82) is 0 Å². The molecule has 0 amide bonds. The molecule has 0 aliphatic rings.